The number of carbonyl (C=O) groups is 1. The second kappa shape index (κ2) is 8.67. The number of allylic oxidation sites excluding steroid dienone is 5. The van der Waals surface area contributed by atoms with Crippen LogP contribution < -0.4 is 5.73 Å². The van der Waals surface area contributed by atoms with Crippen molar-refractivity contribution >= 4 is 6.29 Å². The van der Waals surface area contributed by atoms with Gasteiger partial charge in [0, 0.05) is 11.5 Å². The molecule has 10 atom stereocenters. The molecule has 0 spiro atoms. The molecule has 6 aliphatic carbocycles. The molecule has 6 aliphatic rings. The van der Waals surface area contributed by atoms with Gasteiger partial charge in [-0.05, 0) is 146 Å². The van der Waals surface area contributed by atoms with Gasteiger partial charge >= 0.3 is 0 Å². The Balaban J connectivity index is 1.34. The van der Waals surface area contributed by atoms with Crippen LogP contribution in [0.5, 0.6) is 0 Å². The molecule has 2 N–H and O–H groups in total. The molecule has 2 heteroatoms. The fraction of sp³-hybridized carbons (Fsp3) is 0.806. The van der Waals surface area contributed by atoms with Crippen LogP contribution in [0.25, 0.3) is 0 Å². The minimum absolute atomic E-state index is 0.0408. The van der Waals surface area contributed by atoms with Crippen molar-refractivity contribution in [1.82, 2.24) is 0 Å². The van der Waals surface area contributed by atoms with Crippen molar-refractivity contribution in [3.63, 3.8) is 0 Å². The van der Waals surface area contributed by atoms with E-state index in [1.807, 2.05) is 0 Å². The molecule has 0 aromatic rings. The van der Waals surface area contributed by atoms with Crippen molar-refractivity contribution in [2.75, 3.05) is 0 Å². The Hall–Kier alpha value is -1.15. The average molecular weight is 518 g/mol. The minimum Gasteiger partial charge on any atom is -0.325 e. The van der Waals surface area contributed by atoms with E-state index in [9.17, 15) is 4.79 Å². The van der Waals surface area contributed by atoms with E-state index >= 15 is 0 Å². The Morgan fingerprint density at radius 3 is 2.34 bits per heavy atom. The summed E-state index contributed by atoms with van der Waals surface area (Å²) in [6, 6.07) is 0. The summed E-state index contributed by atoms with van der Waals surface area (Å²) in [6.07, 6.45) is 21.0. The van der Waals surface area contributed by atoms with Crippen LogP contribution in [0, 0.1) is 57.2 Å². The van der Waals surface area contributed by atoms with Gasteiger partial charge in [0.25, 0.3) is 0 Å². The maximum atomic E-state index is 11.4. The number of fused-ring (bicyclic) bond motifs is 7. The topological polar surface area (TPSA) is 43.1 Å². The molecule has 0 aromatic heterocycles. The summed E-state index contributed by atoms with van der Waals surface area (Å²) >= 11 is 0. The molecule has 10 unspecified atom stereocenters. The number of nitrogens with two attached hydrogens (primary N) is 1. The van der Waals surface area contributed by atoms with Crippen molar-refractivity contribution in [2.45, 2.75) is 124 Å². The van der Waals surface area contributed by atoms with E-state index in [-0.39, 0.29) is 16.9 Å². The second-order valence-electron chi connectivity index (χ2n) is 16.4. The first-order valence-corrected chi connectivity index (χ1v) is 16.1. The molecule has 4 fully saturated rings. The zero-order chi connectivity index (χ0) is 27.3. The van der Waals surface area contributed by atoms with Crippen LogP contribution in [0.15, 0.2) is 35.5 Å². The highest BCUT2D eigenvalue weighted by Gasteiger charge is 2.70. The van der Waals surface area contributed by atoms with Crippen molar-refractivity contribution < 1.29 is 4.79 Å². The number of carbonyl (C=O) groups excluding carboxylic acids is 1. The highest BCUT2D eigenvalue weighted by molar-refractivity contribution is 5.55. The average Bonchev–Trinajstić information content (AvgIpc) is 3.22. The Morgan fingerprint density at radius 1 is 0.921 bits per heavy atom. The summed E-state index contributed by atoms with van der Waals surface area (Å²) in [4.78, 5) is 11.4. The van der Waals surface area contributed by atoms with Crippen molar-refractivity contribution in [3.05, 3.63) is 35.5 Å². The van der Waals surface area contributed by atoms with Gasteiger partial charge in [-0.25, -0.2) is 0 Å². The molecular formula is C36H55NO. The van der Waals surface area contributed by atoms with E-state index in [0.717, 1.165) is 37.0 Å². The van der Waals surface area contributed by atoms with E-state index in [0.29, 0.717) is 28.1 Å². The SMILES string of the molecule is C=C(C)C1CCC2(N)CCC3(C)C(CCC4C5(C)CC=C(C6=CCC(C=O)CC6)C(C)(C)C5CCC43C)C12. The molecule has 4 saturated carbocycles. The summed E-state index contributed by atoms with van der Waals surface area (Å²) in [7, 11) is 0. The molecule has 0 saturated heterocycles. The Labute approximate surface area is 233 Å². The number of hydrogen-bond donors (Lipinski definition) is 1. The number of rotatable bonds is 3. The lowest BCUT2D eigenvalue weighted by Crippen LogP contribution is -2.67. The number of aldehydes is 1. The molecule has 0 radical (unpaired) electrons. The predicted octanol–water partition coefficient (Wildman–Crippen LogP) is 8.82. The highest BCUT2D eigenvalue weighted by atomic mass is 16.1. The van der Waals surface area contributed by atoms with Crippen LogP contribution in [0.4, 0.5) is 0 Å². The fourth-order valence-electron chi connectivity index (χ4n) is 12.6. The summed E-state index contributed by atoms with van der Waals surface area (Å²) in [5.74, 6) is 3.73. The fourth-order valence-corrected chi connectivity index (χ4v) is 12.6. The van der Waals surface area contributed by atoms with E-state index in [2.05, 4.69) is 60.3 Å². The standard InChI is InChI=1S/C36H55NO/c1-23(2)26-14-19-36(37)21-20-34(6)28(31(26)36)12-13-30-33(5)17-15-27(25-10-8-24(22-38)9-11-25)32(3,4)29(33)16-18-35(30,34)7/h10,15,22,24,26,28-31H,1,8-9,11-14,16-21,37H2,2-7H3. The minimum atomic E-state index is 0.0408. The quantitative estimate of drug-likeness (QED) is 0.300. The van der Waals surface area contributed by atoms with Crippen LogP contribution in [0.1, 0.15) is 119 Å². The zero-order valence-electron chi connectivity index (χ0n) is 25.4. The molecule has 0 bridgehead atoms. The molecule has 6 rings (SSSR count). The van der Waals surface area contributed by atoms with Gasteiger partial charge in [-0.2, -0.15) is 0 Å². The van der Waals surface area contributed by atoms with Crippen LogP contribution in [-0.4, -0.2) is 11.8 Å². The highest BCUT2D eigenvalue weighted by Crippen LogP contribution is 2.76. The summed E-state index contributed by atoms with van der Waals surface area (Å²) in [6.45, 7) is 20.0. The third-order valence-electron chi connectivity index (χ3n) is 14.7. The Morgan fingerprint density at radius 2 is 1.68 bits per heavy atom. The smallest absolute Gasteiger partial charge is 0.123 e. The third kappa shape index (κ3) is 3.43. The monoisotopic (exact) mass is 517 g/mol. The largest absolute Gasteiger partial charge is 0.325 e. The van der Waals surface area contributed by atoms with Crippen LogP contribution in [-0.2, 0) is 4.79 Å². The first kappa shape index (κ1) is 27.0. The molecule has 38 heavy (non-hydrogen) atoms. The zero-order valence-corrected chi connectivity index (χ0v) is 25.4. The van der Waals surface area contributed by atoms with Gasteiger partial charge < -0.3 is 10.5 Å². The van der Waals surface area contributed by atoms with Gasteiger partial charge in [-0.1, -0.05) is 58.9 Å². The summed E-state index contributed by atoms with van der Waals surface area (Å²) in [5, 5.41) is 0. The van der Waals surface area contributed by atoms with Crippen molar-refractivity contribution in [3.8, 4) is 0 Å². The lowest BCUT2D eigenvalue weighted by molar-refractivity contribution is -0.219. The van der Waals surface area contributed by atoms with Gasteiger partial charge in [-0.3, -0.25) is 0 Å². The van der Waals surface area contributed by atoms with E-state index in [1.165, 1.54) is 69.6 Å². The maximum absolute atomic E-state index is 11.4. The lowest BCUT2D eigenvalue weighted by atomic mass is 9.33. The van der Waals surface area contributed by atoms with Crippen LogP contribution >= 0.6 is 0 Å². The third-order valence-corrected chi connectivity index (χ3v) is 14.7. The second-order valence-corrected chi connectivity index (χ2v) is 16.4. The normalized spacial score (nSPS) is 51.4. The van der Waals surface area contributed by atoms with Crippen LogP contribution in [0.2, 0.25) is 0 Å². The molecule has 0 heterocycles. The first-order chi connectivity index (χ1) is 17.8. The summed E-state index contributed by atoms with van der Waals surface area (Å²) in [5.41, 5.74) is 13.2. The van der Waals surface area contributed by atoms with E-state index in [1.54, 1.807) is 11.1 Å². The molecule has 210 valence electrons. The van der Waals surface area contributed by atoms with Crippen molar-refractivity contribution in [1.29, 1.82) is 0 Å². The van der Waals surface area contributed by atoms with Gasteiger partial charge in [0.05, 0.1) is 0 Å². The predicted molar refractivity (Wildman–Crippen MR) is 158 cm³/mol. The maximum Gasteiger partial charge on any atom is 0.123 e. The Kier molecular flexibility index (Phi) is 6.17. The van der Waals surface area contributed by atoms with Crippen molar-refractivity contribution in [2.24, 2.45) is 62.9 Å². The number of hydrogen-bond acceptors (Lipinski definition) is 2. The van der Waals surface area contributed by atoms with Gasteiger partial charge in [0.2, 0.25) is 0 Å². The van der Waals surface area contributed by atoms with Gasteiger partial charge in [0.15, 0.2) is 0 Å². The molecular weight excluding hydrogens is 462 g/mol. The van der Waals surface area contributed by atoms with E-state index in [4.69, 9.17) is 5.73 Å². The molecule has 0 aliphatic heterocycles. The summed E-state index contributed by atoms with van der Waals surface area (Å²) < 4.78 is 0. The Bertz CT molecular complexity index is 1080. The first-order valence-electron chi connectivity index (χ1n) is 16.1. The molecule has 2 nitrogen and oxygen atoms in total. The molecule has 0 amide bonds. The van der Waals surface area contributed by atoms with Gasteiger partial charge in [-0.15, -0.1) is 0 Å². The lowest BCUT2D eigenvalue weighted by Gasteiger charge is -2.72. The van der Waals surface area contributed by atoms with Gasteiger partial charge in [0.1, 0.15) is 6.29 Å². The van der Waals surface area contributed by atoms with E-state index < -0.39 is 0 Å². The molecule has 0 aromatic carbocycles. The van der Waals surface area contributed by atoms with Crippen LogP contribution in [0.3, 0.4) is 0 Å².